The number of rotatable bonds is 8. The monoisotopic (exact) mass is 426 g/mol. The van der Waals surface area contributed by atoms with Gasteiger partial charge in [0.2, 0.25) is 0 Å². The van der Waals surface area contributed by atoms with Gasteiger partial charge in [-0.1, -0.05) is 35.9 Å². The Morgan fingerprint density at radius 3 is 2.25 bits per heavy atom. The lowest BCUT2D eigenvalue weighted by atomic mass is 10.1. The number of aryl methyl sites for hydroxylation is 3. The van der Waals surface area contributed by atoms with Gasteiger partial charge in [0.05, 0.1) is 0 Å². The quantitative estimate of drug-likeness (QED) is 0.288. The van der Waals surface area contributed by atoms with Gasteiger partial charge in [0, 0.05) is 5.69 Å². The minimum absolute atomic E-state index is 0.0146. The molecule has 5 nitrogen and oxygen atoms in total. The lowest BCUT2D eigenvalue weighted by Crippen LogP contribution is -2.13. The van der Waals surface area contributed by atoms with E-state index in [1.807, 2.05) is 68.4 Å². The third-order valence-electron chi connectivity index (χ3n) is 4.94. The SMILES string of the molecule is Cc1ccc(NC(=O)/C(C#N)=C/c2cccc(OCCOc3ccc(C)c(C)c3)c2)cc1. The van der Waals surface area contributed by atoms with Crippen LogP contribution in [0.3, 0.4) is 0 Å². The van der Waals surface area contributed by atoms with Crippen LogP contribution in [-0.2, 0) is 4.79 Å². The summed E-state index contributed by atoms with van der Waals surface area (Å²) in [6.45, 7) is 6.86. The Morgan fingerprint density at radius 2 is 1.59 bits per heavy atom. The van der Waals surface area contributed by atoms with Gasteiger partial charge >= 0.3 is 0 Å². The number of nitrogens with one attached hydrogen (secondary N) is 1. The lowest BCUT2D eigenvalue weighted by Gasteiger charge is -2.10. The first-order valence-electron chi connectivity index (χ1n) is 10.4. The molecule has 3 rings (SSSR count). The van der Waals surface area contributed by atoms with Crippen LogP contribution < -0.4 is 14.8 Å². The molecular formula is C27H26N2O3. The van der Waals surface area contributed by atoms with E-state index in [-0.39, 0.29) is 5.57 Å². The van der Waals surface area contributed by atoms with Crippen LogP contribution in [0.15, 0.2) is 72.3 Å². The molecule has 162 valence electrons. The minimum atomic E-state index is -0.454. The second kappa shape index (κ2) is 10.8. The van der Waals surface area contributed by atoms with Crippen LogP contribution in [0, 0.1) is 32.1 Å². The Hall–Kier alpha value is -4.04. The summed E-state index contributed by atoms with van der Waals surface area (Å²) < 4.78 is 11.5. The molecule has 3 aromatic carbocycles. The Balaban J connectivity index is 1.58. The van der Waals surface area contributed by atoms with Gasteiger partial charge in [-0.3, -0.25) is 4.79 Å². The van der Waals surface area contributed by atoms with Crippen LogP contribution >= 0.6 is 0 Å². The number of hydrogen-bond donors (Lipinski definition) is 1. The molecule has 32 heavy (non-hydrogen) atoms. The molecule has 0 aliphatic heterocycles. The second-order valence-electron chi connectivity index (χ2n) is 7.51. The number of nitriles is 1. The van der Waals surface area contributed by atoms with Crippen LogP contribution in [0.25, 0.3) is 6.08 Å². The second-order valence-corrected chi connectivity index (χ2v) is 7.51. The van der Waals surface area contributed by atoms with Gasteiger partial charge in [0.25, 0.3) is 5.91 Å². The van der Waals surface area contributed by atoms with Gasteiger partial charge in [0.15, 0.2) is 0 Å². The maximum atomic E-state index is 12.5. The fourth-order valence-corrected chi connectivity index (χ4v) is 2.97. The highest BCUT2D eigenvalue weighted by Crippen LogP contribution is 2.18. The van der Waals surface area contributed by atoms with Gasteiger partial charge in [-0.25, -0.2) is 0 Å². The summed E-state index contributed by atoms with van der Waals surface area (Å²) in [6, 6.07) is 22.6. The van der Waals surface area contributed by atoms with E-state index in [9.17, 15) is 10.1 Å². The first-order chi connectivity index (χ1) is 15.4. The standard InChI is InChI=1S/C27H26N2O3/c1-19-7-10-24(11-8-19)29-27(30)23(18-28)16-22-5-4-6-25(17-22)31-13-14-32-26-12-9-20(2)21(3)15-26/h4-12,15-17H,13-14H2,1-3H3,(H,29,30)/b23-16+. The van der Waals surface area contributed by atoms with Crippen molar-refractivity contribution in [1.82, 2.24) is 0 Å². The summed E-state index contributed by atoms with van der Waals surface area (Å²) in [6.07, 6.45) is 1.54. The predicted molar refractivity (Wildman–Crippen MR) is 127 cm³/mol. The first kappa shape index (κ1) is 22.6. The summed E-state index contributed by atoms with van der Waals surface area (Å²) in [7, 11) is 0. The van der Waals surface area contributed by atoms with Crippen LogP contribution in [0.2, 0.25) is 0 Å². The molecule has 1 N–H and O–H groups in total. The molecule has 0 spiro atoms. The van der Waals surface area contributed by atoms with Crippen LogP contribution in [0.5, 0.6) is 11.5 Å². The third-order valence-corrected chi connectivity index (χ3v) is 4.94. The van der Waals surface area contributed by atoms with Crippen LogP contribution in [0.1, 0.15) is 22.3 Å². The zero-order valence-electron chi connectivity index (χ0n) is 18.5. The van der Waals surface area contributed by atoms with Gasteiger partial charge in [-0.15, -0.1) is 0 Å². The molecule has 0 heterocycles. The van der Waals surface area contributed by atoms with E-state index in [1.165, 1.54) is 11.1 Å². The van der Waals surface area contributed by atoms with E-state index in [2.05, 4.69) is 12.2 Å². The summed E-state index contributed by atoms with van der Waals surface area (Å²) in [5.41, 5.74) is 4.86. The smallest absolute Gasteiger partial charge is 0.266 e. The van der Waals surface area contributed by atoms with Crippen molar-refractivity contribution in [2.24, 2.45) is 0 Å². The zero-order valence-corrected chi connectivity index (χ0v) is 18.5. The number of amides is 1. The number of benzene rings is 3. The fourth-order valence-electron chi connectivity index (χ4n) is 2.97. The third kappa shape index (κ3) is 6.48. The summed E-state index contributed by atoms with van der Waals surface area (Å²) in [5.74, 6) is 0.995. The van der Waals surface area contributed by atoms with Gasteiger partial charge < -0.3 is 14.8 Å². The molecule has 0 aliphatic carbocycles. The lowest BCUT2D eigenvalue weighted by molar-refractivity contribution is -0.112. The minimum Gasteiger partial charge on any atom is -0.490 e. The average Bonchev–Trinajstić information content (AvgIpc) is 2.79. The van der Waals surface area contributed by atoms with Crippen molar-refractivity contribution < 1.29 is 14.3 Å². The van der Waals surface area contributed by atoms with Gasteiger partial charge in [-0.2, -0.15) is 5.26 Å². The van der Waals surface area contributed by atoms with Crippen molar-refractivity contribution >= 4 is 17.7 Å². The molecule has 0 bridgehead atoms. The van der Waals surface area contributed by atoms with E-state index in [0.717, 1.165) is 11.3 Å². The highest BCUT2D eigenvalue weighted by molar-refractivity contribution is 6.09. The molecule has 0 fully saturated rings. The number of nitrogens with zero attached hydrogens (tertiary/aromatic N) is 1. The molecule has 0 aliphatic rings. The fraction of sp³-hybridized carbons (Fsp3) is 0.185. The van der Waals surface area contributed by atoms with E-state index in [1.54, 1.807) is 24.3 Å². The molecule has 5 heteroatoms. The van der Waals surface area contributed by atoms with Crippen molar-refractivity contribution in [3.63, 3.8) is 0 Å². The van der Waals surface area contributed by atoms with E-state index >= 15 is 0 Å². The predicted octanol–water partition coefficient (Wildman–Crippen LogP) is 5.62. The van der Waals surface area contributed by atoms with Crippen molar-refractivity contribution in [3.05, 3.63) is 94.6 Å². The molecule has 0 saturated heterocycles. The Bertz CT molecular complexity index is 1160. The van der Waals surface area contributed by atoms with E-state index < -0.39 is 5.91 Å². The zero-order chi connectivity index (χ0) is 22.9. The number of anilines is 1. The van der Waals surface area contributed by atoms with Gasteiger partial charge in [0.1, 0.15) is 36.4 Å². The van der Waals surface area contributed by atoms with Gasteiger partial charge in [-0.05, 0) is 79.9 Å². The molecule has 0 unspecified atom stereocenters. The molecular weight excluding hydrogens is 400 g/mol. The van der Waals surface area contributed by atoms with Crippen molar-refractivity contribution in [2.45, 2.75) is 20.8 Å². The molecule has 0 aromatic heterocycles. The first-order valence-corrected chi connectivity index (χ1v) is 10.4. The highest BCUT2D eigenvalue weighted by Gasteiger charge is 2.10. The Morgan fingerprint density at radius 1 is 0.906 bits per heavy atom. The topological polar surface area (TPSA) is 71.4 Å². The largest absolute Gasteiger partial charge is 0.490 e. The number of hydrogen-bond acceptors (Lipinski definition) is 4. The number of ether oxygens (including phenoxy) is 2. The van der Waals surface area contributed by atoms with Crippen LogP contribution in [0.4, 0.5) is 5.69 Å². The number of carbonyl (C=O) groups is 1. The molecule has 3 aromatic rings. The molecule has 0 atom stereocenters. The maximum Gasteiger partial charge on any atom is 0.266 e. The Kier molecular flexibility index (Phi) is 7.66. The van der Waals surface area contributed by atoms with E-state index in [4.69, 9.17) is 9.47 Å². The van der Waals surface area contributed by atoms with Crippen molar-refractivity contribution in [3.8, 4) is 17.6 Å². The average molecular weight is 427 g/mol. The molecule has 0 saturated carbocycles. The van der Waals surface area contributed by atoms with E-state index in [0.29, 0.717) is 30.2 Å². The normalized spacial score (nSPS) is 10.9. The van der Waals surface area contributed by atoms with Crippen molar-refractivity contribution in [2.75, 3.05) is 18.5 Å². The van der Waals surface area contributed by atoms with Crippen LogP contribution in [-0.4, -0.2) is 19.1 Å². The summed E-state index contributed by atoms with van der Waals surface area (Å²) in [5, 5.41) is 12.2. The van der Waals surface area contributed by atoms with Crippen molar-refractivity contribution in [1.29, 1.82) is 5.26 Å². The highest BCUT2D eigenvalue weighted by atomic mass is 16.5. The summed E-state index contributed by atoms with van der Waals surface area (Å²) >= 11 is 0. The molecule has 0 radical (unpaired) electrons. The maximum absolute atomic E-state index is 12.5. The molecule has 1 amide bonds. The Labute approximate surface area is 188 Å². The summed E-state index contributed by atoms with van der Waals surface area (Å²) in [4.78, 5) is 12.5. The number of carbonyl (C=O) groups excluding carboxylic acids is 1.